The molecule has 31 heavy (non-hydrogen) atoms. The minimum Gasteiger partial charge on any atom is -0.302 e. The van der Waals surface area contributed by atoms with Crippen LogP contribution < -0.4 is 4.90 Å². The van der Waals surface area contributed by atoms with Crippen LogP contribution in [0.15, 0.2) is 36.4 Å². The van der Waals surface area contributed by atoms with Gasteiger partial charge in [0.2, 0.25) is 0 Å². The SMILES string of the molecule is CCN(CC)CCN(C(=O)c1ccc(C(F)(F)F)cc1)c1nc2c(C)c(C)ccc2s1. The van der Waals surface area contributed by atoms with E-state index in [1.165, 1.54) is 23.5 Å². The van der Waals surface area contributed by atoms with Crippen molar-refractivity contribution < 1.29 is 18.0 Å². The lowest BCUT2D eigenvalue weighted by Gasteiger charge is -2.25. The van der Waals surface area contributed by atoms with Crippen LogP contribution in [-0.2, 0) is 6.18 Å². The number of rotatable bonds is 7. The summed E-state index contributed by atoms with van der Waals surface area (Å²) in [5, 5.41) is 0.556. The summed E-state index contributed by atoms with van der Waals surface area (Å²) in [6.45, 7) is 10.9. The van der Waals surface area contributed by atoms with Crippen molar-refractivity contribution in [1.82, 2.24) is 9.88 Å². The minimum atomic E-state index is -4.44. The maximum Gasteiger partial charge on any atom is 0.416 e. The van der Waals surface area contributed by atoms with Gasteiger partial charge in [0.15, 0.2) is 5.13 Å². The molecule has 8 heteroatoms. The molecule has 0 aliphatic heterocycles. The smallest absolute Gasteiger partial charge is 0.302 e. The number of hydrogen-bond acceptors (Lipinski definition) is 4. The summed E-state index contributed by atoms with van der Waals surface area (Å²) in [6.07, 6.45) is -4.44. The number of carbonyl (C=O) groups is 1. The number of likely N-dealkylation sites (N-methyl/N-ethyl adjacent to an activating group) is 1. The van der Waals surface area contributed by atoms with Crippen LogP contribution in [0.3, 0.4) is 0 Å². The molecule has 1 heterocycles. The number of amides is 1. The van der Waals surface area contributed by atoms with Crippen molar-refractivity contribution in [3.63, 3.8) is 0 Å². The number of nitrogens with zero attached hydrogens (tertiary/aromatic N) is 3. The van der Waals surface area contributed by atoms with Crippen molar-refractivity contribution in [3.05, 3.63) is 58.7 Å². The zero-order chi connectivity index (χ0) is 22.8. The Bertz CT molecular complexity index is 1060. The van der Waals surface area contributed by atoms with E-state index in [-0.39, 0.29) is 11.5 Å². The Labute approximate surface area is 184 Å². The summed E-state index contributed by atoms with van der Waals surface area (Å²) in [5.74, 6) is -0.352. The second-order valence-electron chi connectivity index (χ2n) is 7.41. The Balaban J connectivity index is 1.98. The van der Waals surface area contributed by atoms with Crippen molar-refractivity contribution in [1.29, 1.82) is 0 Å². The fourth-order valence-electron chi connectivity index (χ4n) is 3.35. The number of halogens is 3. The summed E-state index contributed by atoms with van der Waals surface area (Å²) >= 11 is 1.42. The van der Waals surface area contributed by atoms with Gasteiger partial charge in [0.1, 0.15) is 0 Å². The molecular formula is C23H26F3N3OS. The Morgan fingerprint density at radius 2 is 1.65 bits per heavy atom. The molecule has 0 unspecified atom stereocenters. The molecule has 166 valence electrons. The molecule has 0 saturated heterocycles. The maximum absolute atomic E-state index is 13.3. The zero-order valence-corrected chi connectivity index (χ0v) is 18.9. The Morgan fingerprint density at radius 3 is 2.23 bits per heavy atom. The van der Waals surface area contributed by atoms with Crippen LogP contribution in [0.2, 0.25) is 0 Å². The van der Waals surface area contributed by atoms with Crippen molar-refractivity contribution in [2.45, 2.75) is 33.9 Å². The van der Waals surface area contributed by atoms with Crippen molar-refractivity contribution in [3.8, 4) is 0 Å². The third-order valence-electron chi connectivity index (χ3n) is 5.54. The molecule has 0 bridgehead atoms. The molecule has 0 N–H and O–H groups in total. The summed E-state index contributed by atoms with van der Waals surface area (Å²) in [4.78, 5) is 21.8. The first-order valence-corrected chi connectivity index (χ1v) is 11.1. The van der Waals surface area contributed by atoms with Crippen LogP contribution in [-0.4, -0.2) is 42.0 Å². The maximum atomic E-state index is 13.3. The first-order chi connectivity index (χ1) is 14.7. The first kappa shape index (κ1) is 23.2. The highest BCUT2D eigenvalue weighted by Gasteiger charge is 2.31. The van der Waals surface area contributed by atoms with E-state index >= 15 is 0 Å². The highest BCUT2D eigenvalue weighted by atomic mass is 32.1. The highest BCUT2D eigenvalue weighted by molar-refractivity contribution is 7.22. The molecule has 4 nitrogen and oxygen atoms in total. The number of thiazole rings is 1. The van der Waals surface area contributed by atoms with Crippen molar-refractivity contribution in [2.24, 2.45) is 0 Å². The van der Waals surface area contributed by atoms with Gasteiger partial charge in [0, 0.05) is 18.7 Å². The Morgan fingerprint density at radius 1 is 1.00 bits per heavy atom. The Hall–Kier alpha value is -2.45. The lowest BCUT2D eigenvalue weighted by Crippen LogP contribution is -2.38. The molecule has 2 aromatic carbocycles. The van der Waals surface area contributed by atoms with Gasteiger partial charge in [-0.2, -0.15) is 13.2 Å². The lowest BCUT2D eigenvalue weighted by atomic mass is 10.1. The standard InChI is InChI=1S/C23H26F3N3OS/c1-5-28(6-2)13-14-29(21(30)17-8-10-18(11-9-17)23(24,25)26)22-27-20-16(4)15(3)7-12-19(20)31-22/h7-12H,5-6,13-14H2,1-4H3. The molecule has 0 spiro atoms. The number of anilines is 1. The largest absolute Gasteiger partial charge is 0.416 e. The number of hydrogen-bond donors (Lipinski definition) is 0. The van der Waals surface area contributed by atoms with E-state index < -0.39 is 11.7 Å². The third kappa shape index (κ3) is 5.07. The van der Waals surface area contributed by atoms with Gasteiger partial charge in [0.25, 0.3) is 5.91 Å². The highest BCUT2D eigenvalue weighted by Crippen LogP contribution is 2.33. The Kier molecular flexibility index (Phi) is 7.01. The van der Waals surface area contributed by atoms with Crippen LogP contribution in [0.1, 0.15) is 40.9 Å². The topological polar surface area (TPSA) is 36.4 Å². The molecule has 1 amide bonds. The number of benzene rings is 2. The summed E-state index contributed by atoms with van der Waals surface area (Å²) in [6, 6.07) is 8.38. The van der Waals surface area contributed by atoms with E-state index in [0.717, 1.165) is 46.6 Å². The average molecular weight is 450 g/mol. The van der Waals surface area contributed by atoms with Gasteiger partial charge < -0.3 is 4.90 Å². The molecule has 0 fully saturated rings. The van der Waals surface area contributed by atoms with Crippen LogP contribution in [0, 0.1) is 13.8 Å². The molecule has 0 aliphatic carbocycles. The van der Waals surface area contributed by atoms with E-state index in [2.05, 4.69) is 18.7 Å². The number of carbonyl (C=O) groups excluding carboxylic acids is 1. The molecule has 0 saturated carbocycles. The van der Waals surface area contributed by atoms with E-state index in [1.54, 1.807) is 4.90 Å². The minimum absolute atomic E-state index is 0.208. The second-order valence-corrected chi connectivity index (χ2v) is 8.42. The molecular weight excluding hydrogens is 423 g/mol. The van der Waals surface area contributed by atoms with E-state index in [4.69, 9.17) is 4.98 Å². The molecule has 3 aromatic rings. The fourth-order valence-corrected chi connectivity index (χ4v) is 4.40. The van der Waals surface area contributed by atoms with Crippen LogP contribution in [0.4, 0.5) is 18.3 Å². The monoisotopic (exact) mass is 449 g/mol. The van der Waals surface area contributed by atoms with Crippen molar-refractivity contribution >= 4 is 32.6 Å². The number of aryl methyl sites for hydroxylation is 2. The predicted octanol–water partition coefficient (Wildman–Crippen LogP) is 5.92. The molecule has 3 rings (SSSR count). The molecule has 0 aliphatic rings. The summed E-state index contributed by atoms with van der Waals surface area (Å²) < 4.78 is 39.7. The normalized spacial score (nSPS) is 12.0. The zero-order valence-electron chi connectivity index (χ0n) is 18.1. The van der Waals surface area contributed by atoms with Gasteiger partial charge in [-0.15, -0.1) is 0 Å². The summed E-state index contributed by atoms with van der Waals surface area (Å²) in [5.41, 5.74) is 2.47. The molecule has 0 atom stereocenters. The van der Waals surface area contributed by atoms with E-state index in [0.29, 0.717) is 18.2 Å². The van der Waals surface area contributed by atoms with E-state index in [1.807, 2.05) is 26.0 Å². The van der Waals surface area contributed by atoms with Gasteiger partial charge in [-0.3, -0.25) is 9.69 Å². The average Bonchev–Trinajstić information content (AvgIpc) is 3.18. The van der Waals surface area contributed by atoms with Crippen LogP contribution in [0.5, 0.6) is 0 Å². The van der Waals surface area contributed by atoms with E-state index in [9.17, 15) is 18.0 Å². The van der Waals surface area contributed by atoms with Gasteiger partial charge in [-0.1, -0.05) is 31.3 Å². The lowest BCUT2D eigenvalue weighted by molar-refractivity contribution is -0.137. The van der Waals surface area contributed by atoms with Crippen LogP contribution >= 0.6 is 11.3 Å². The van der Waals surface area contributed by atoms with Gasteiger partial charge >= 0.3 is 6.18 Å². The fraction of sp³-hybridized carbons (Fsp3) is 0.391. The molecule has 0 radical (unpaired) electrons. The van der Waals surface area contributed by atoms with Gasteiger partial charge in [-0.05, 0) is 68.4 Å². The van der Waals surface area contributed by atoms with Gasteiger partial charge in [-0.25, -0.2) is 4.98 Å². The molecule has 1 aromatic heterocycles. The first-order valence-electron chi connectivity index (χ1n) is 10.2. The van der Waals surface area contributed by atoms with Crippen LogP contribution in [0.25, 0.3) is 10.2 Å². The number of alkyl halides is 3. The summed E-state index contributed by atoms with van der Waals surface area (Å²) in [7, 11) is 0. The number of fused-ring (bicyclic) bond motifs is 1. The predicted molar refractivity (Wildman–Crippen MR) is 120 cm³/mol. The quantitative estimate of drug-likeness (QED) is 0.449. The van der Waals surface area contributed by atoms with Gasteiger partial charge in [0.05, 0.1) is 15.8 Å². The third-order valence-corrected chi connectivity index (χ3v) is 6.59. The number of aromatic nitrogens is 1. The van der Waals surface area contributed by atoms with Crippen molar-refractivity contribution in [2.75, 3.05) is 31.1 Å². The second kappa shape index (κ2) is 9.36.